The number of carbonyl (C=O) groups is 2. The quantitative estimate of drug-likeness (QED) is 0.598. The molecule has 0 bridgehead atoms. The molecular formula is C19H16N2O5S2. The van der Waals surface area contributed by atoms with E-state index in [1.54, 1.807) is 36.4 Å². The number of carbonyl (C=O) groups excluding carboxylic acids is 2. The lowest BCUT2D eigenvalue weighted by atomic mass is 10.1. The summed E-state index contributed by atoms with van der Waals surface area (Å²) in [6.07, 6.45) is 0. The number of hydrogen-bond acceptors (Lipinski definition) is 6. The molecule has 0 aliphatic carbocycles. The summed E-state index contributed by atoms with van der Waals surface area (Å²) >= 11 is 0.959. The molecule has 7 nitrogen and oxygen atoms in total. The second-order valence-corrected chi connectivity index (χ2v) is 8.14. The lowest BCUT2D eigenvalue weighted by molar-refractivity contribution is 0.0602. The number of amides is 1. The number of sulfonamides is 1. The van der Waals surface area contributed by atoms with Crippen LogP contribution in [0.5, 0.6) is 0 Å². The number of ether oxygens (including phenoxy) is 1. The predicted octanol–water partition coefficient (Wildman–Crippen LogP) is 3.59. The predicted molar refractivity (Wildman–Crippen MR) is 107 cm³/mol. The Morgan fingerprint density at radius 1 is 0.964 bits per heavy atom. The number of benzene rings is 2. The third kappa shape index (κ3) is 4.21. The maximum Gasteiger partial charge on any atom is 0.349 e. The minimum Gasteiger partial charge on any atom is -0.465 e. The van der Waals surface area contributed by atoms with Crippen LogP contribution in [-0.4, -0.2) is 27.4 Å². The van der Waals surface area contributed by atoms with Gasteiger partial charge in [-0.25, -0.2) is 13.2 Å². The van der Waals surface area contributed by atoms with Crippen molar-refractivity contribution in [3.05, 3.63) is 76.5 Å². The number of para-hydroxylation sites is 2. The van der Waals surface area contributed by atoms with Crippen LogP contribution in [-0.2, 0) is 14.8 Å². The van der Waals surface area contributed by atoms with Crippen LogP contribution < -0.4 is 10.0 Å². The molecule has 0 atom stereocenters. The van der Waals surface area contributed by atoms with Gasteiger partial charge in [0.05, 0.1) is 18.4 Å². The molecule has 9 heteroatoms. The van der Waals surface area contributed by atoms with E-state index in [9.17, 15) is 18.0 Å². The van der Waals surface area contributed by atoms with E-state index >= 15 is 0 Å². The van der Waals surface area contributed by atoms with Crippen LogP contribution in [0.15, 0.2) is 70.9 Å². The largest absolute Gasteiger partial charge is 0.465 e. The summed E-state index contributed by atoms with van der Waals surface area (Å²) in [6.45, 7) is 0. The van der Waals surface area contributed by atoms with Gasteiger partial charge in [0.25, 0.3) is 15.9 Å². The molecule has 2 N–H and O–H groups in total. The summed E-state index contributed by atoms with van der Waals surface area (Å²) in [5.41, 5.74) is 0.818. The van der Waals surface area contributed by atoms with Gasteiger partial charge in [-0.05, 0) is 35.7 Å². The van der Waals surface area contributed by atoms with Gasteiger partial charge in [0, 0.05) is 5.69 Å². The Balaban J connectivity index is 1.90. The Morgan fingerprint density at radius 2 is 1.64 bits per heavy atom. The molecule has 0 radical (unpaired) electrons. The summed E-state index contributed by atoms with van der Waals surface area (Å²) in [4.78, 5) is 24.2. The first-order valence-electron chi connectivity index (χ1n) is 8.06. The molecule has 144 valence electrons. The van der Waals surface area contributed by atoms with Gasteiger partial charge in [0.2, 0.25) is 0 Å². The van der Waals surface area contributed by atoms with E-state index in [0.717, 1.165) is 11.3 Å². The van der Waals surface area contributed by atoms with Crippen LogP contribution in [0.3, 0.4) is 0 Å². The average molecular weight is 416 g/mol. The van der Waals surface area contributed by atoms with Crippen molar-refractivity contribution < 1.29 is 22.7 Å². The fourth-order valence-corrected chi connectivity index (χ4v) is 4.86. The monoisotopic (exact) mass is 416 g/mol. The highest BCUT2D eigenvalue weighted by Gasteiger charge is 2.26. The fourth-order valence-electron chi connectivity index (χ4n) is 2.44. The van der Waals surface area contributed by atoms with Gasteiger partial charge < -0.3 is 10.1 Å². The number of nitrogens with one attached hydrogen (secondary N) is 2. The van der Waals surface area contributed by atoms with Crippen LogP contribution in [0.2, 0.25) is 0 Å². The van der Waals surface area contributed by atoms with E-state index in [0.29, 0.717) is 5.69 Å². The third-order valence-electron chi connectivity index (χ3n) is 3.74. The van der Waals surface area contributed by atoms with Gasteiger partial charge in [-0.3, -0.25) is 9.52 Å². The first-order valence-corrected chi connectivity index (χ1v) is 10.4. The van der Waals surface area contributed by atoms with E-state index in [1.807, 2.05) is 6.07 Å². The first kappa shape index (κ1) is 19.6. The Hall–Kier alpha value is -3.17. The number of hydrogen-bond donors (Lipinski definition) is 2. The van der Waals surface area contributed by atoms with Gasteiger partial charge in [0.15, 0.2) is 0 Å². The maximum atomic E-state index is 12.8. The van der Waals surface area contributed by atoms with Crippen molar-refractivity contribution in [1.29, 1.82) is 0 Å². The zero-order valence-electron chi connectivity index (χ0n) is 14.7. The number of rotatable bonds is 6. The summed E-state index contributed by atoms with van der Waals surface area (Å²) in [5.74, 6) is -1.21. The smallest absolute Gasteiger partial charge is 0.349 e. The minimum absolute atomic E-state index is 0.0405. The lowest BCUT2D eigenvalue weighted by Gasteiger charge is -2.13. The fraction of sp³-hybridized carbons (Fsp3) is 0.0526. The van der Waals surface area contributed by atoms with Crippen LogP contribution in [0.4, 0.5) is 11.4 Å². The Morgan fingerprint density at radius 3 is 2.36 bits per heavy atom. The SMILES string of the molecule is COC(=O)c1sccc1S(=O)(=O)Nc1ccccc1C(=O)Nc1ccccc1. The molecule has 3 rings (SSSR count). The zero-order chi connectivity index (χ0) is 20.1. The molecular weight excluding hydrogens is 400 g/mol. The topological polar surface area (TPSA) is 102 Å². The van der Waals surface area contributed by atoms with E-state index in [2.05, 4.69) is 14.8 Å². The van der Waals surface area contributed by atoms with E-state index in [1.165, 1.54) is 30.7 Å². The number of methoxy groups -OCH3 is 1. The Labute approximate surface area is 166 Å². The summed E-state index contributed by atoms with van der Waals surface area (Å²) in [6, 6.07) is 16.3. The van der Waals surface area contributed by atoms with Gasteiger partial charge in [-0.1, -0.05) is 30.3 Å². The van der Waals surface area contributed by atoms with Crippen molar-refractivity contribution in [3.63, 3.8) is 0 Å². The second-order valence-electron chi connectivity index (χ2n) is 5.58. The van der Waals surface area contributed by atoms with Crippen LogP contribution in [0, 0.1) is 0 Å². The molecule has 0 aliphatic rings. The van der Waals surface area contributed by atoms with Crippen LogP contribution in [0.25, 0.3) is 0 Å². The van der Waals surface area contributed by atoms with Crippen molar-refractivity contribution in [2.75, 3.05) is 17.1 Å². The molecule has 0 spiro atoms. The average Bonchev–Trinajstić information content (AvgIpc) is 3.19. The lowest BCUT2D eigenvalue weighted by Crippen LogP contribution is -2.19. The van der Waals surface area contributed by atoms with Crippen molar-refractivity contribution in [1.82, 2.24) is 0 Å². The normalized spacial score (nSPS) is 10.9. The molecule has 1 amide bonds. The highest BCUT2D eigenvalue weighted by atomic mass is 32.2. The van der Waals surface area contributed by atoms with Crippen molar-refractivity contribution in [2.24, 2.45) is 0 Å². The van der Waals surface area contributed by atoms with Gasteiger partial charge in [0.1, 0.15) is 9.77 Å². The standard InChI is InChI=1S/C19H16N2O5S2/c1-26-19(23)17-16(11-12-27-17)28(24,25)21-15-10-6-5-9-14(15)18(22)20-13-7-3-2-4-8-13/h2-12,21H,1H3,(H,20,22). The summed E-state index contributed by atoms with van der Waals surface area (Å²) in [7, 11) is -2.93. The van der Waals surface area contributed by atoms with Gasteiger partial charge in [-0.2, -0.15) is 0 Å². The third-order valence-corrected chi connectivity index (χ3v) is 6.17. The minimum atomic E-state index is -4.11. The van der Waals surface area contributed by atoms with Crippen molar-refractivity contribution >= 4 is 44.6 Å². The number of thiophene rings is 1. The molecule has 3 aromatic rings. The molecule has 28 heavy (non-hydrogen) atoms. The summed E-state index contributed by atoms with van der Waals surface area (Å²) < 4.78 is 32.6. The number of esters is 1. The molecule has 0 fully saturated rings. The molecule has 1 aromatic heterocycles. The second kappa shape index (κ2) is 8.24. The molecule has 0 aliphatic heterocycles. The first-order chi connectivity index (χ1) is 13.4. The van der Waals surface area contributed by atoms with Crippen LogP contribution in [0.1, 0.15) is 20.0 Å². The highest BCUT2D eigenvalue weighted by molar-refractivity contribution is 7.93. The Bertz CT molecular complexity index is 1110. The maximum absolute atomic E-state index is 12.8. The van der Waals surface area contributed by atoms with E-state index in [-0.39, 0.29) is 21.0 Å². The van der Waals surface area contributed by atoms with E-state index in [4.69, 9.17) is 0 Å². The van der Waals surface area contributed by atoms with Gasteiger partial charge >= 0.3 is 5.97 Å². The molecule has 1 heterocycles. The van der Waals surface area contributed by atoms with E-state index < -0.39 is 21.9 Å². The molecule has 0 saturated heterocycles. The molecule has 0 unspecified atom stereocenters. The van der Waals surface area contributed by atoms with Gasteiger partial charge in [-0.15, -0.1) is 11.3 Å². The van der Waals surface area contributed by atoms with Crippen molar-refractivity contribution in [2.45, 2.75) is 4.90 Å². The highest BCUT2D eigenvalue weighted by Crippen LogP contribution is 2.26. The molecule has 2 aromatic carbocycles. The molecule has 0 saturated carbocycles. The number of anilines is 2. The van der Waals surface area contributed by atoms with Crippen LogP contribution >= 0.6 is 11.3 Å². The Kier molecular flexibility index (Phi) is 5.76. The van der Waals surface area contributed by atoms with Crippen molar-refractivity contribution in [3.8, 4) is 0 Å². The summed E-state index contributed by atoms with van der Waals surface area (Å²) in [5, 5.41) is 4.19. The zero-order valence-corrected chi connectivity index (χ0v) is 16.3.